The zero-order valence-corrected chi connectivity index (χ0v) is 12.4. The predicted molar refractivity (Wildman–Crippen MR) is 74.1 cm³/mol. The zero-order valence-electron chi connectivity index (χ0n) is 11.6. The summed E-state index contributed by atoms with van der Waals surface area (Å²) in [6.07, 6.45) is 2.26. The summed E-state index contributed by atoms with van der Waals surface area (Å²) < 4.78 is 25.9. The molecule has 5 nitrogen and oxygen atoms in total. The van der Waals surface area contributed by atoms with Gasteiger partial charge in [-0.1, -0.05) is 20.8 Å². The number of rotatable bonds is 4. The van der Waals surface area contributed by atoms with Crippen LogP contribution in [0, 0.1) is 16.7 Å². The fourth-order valence-electron chi connectivity index (χ4n) is 2.01. The van der Waals surface area contributed by atoms with E-state index in [-0.39, 0.29) is 22.9 Å². The van der Waals surface area contributed by atoms with Crippen molar-refractivity contribution in [1.29, 1.82) is 5.41 Å². The lowest BCUT2D eigenvalue weighted by Gasteiger charge is -2.32. The Labute approximate surface area is 110 Å². The molecule has 0 aromatic rings. The molecule has 0 amide bonds. The highest BCUT2D eigenvalue weighted by molar-refractivity contribution is 7.89. The molecule has 0 saturated carbocycles. The van der Waals surface area contributed by atoms with Crippen LogP contribution < -0.4 is 5.73 Å². The molecule has 0 aromatic carbocycles. The highest BCUT2D eigenvalue weighted by Crippen LogP contribution is 2.23. The molecular weight excluding hydrogens is 250 g/mol. The van der Waals surface area contributed by atoms with Gasteiger partial charge in [0.05, 0.1) is 11.6 Å². The van der Waals surface area contributed by atoms with E-state index in [0.29, 0.717) is 19.5 Å². The summed E-state index contributed by atoms with van der Waals surface area (Å²) in [6.45, 7) is 7.06. The molecule has 0 radical (unpaired) electrons. The van der Waals surface area contributed by atoms with E-state index in [4.69, 9.17) is 11.1 Å². The summed E-state index contributed by atoms with van der Waals surface area (Å²) in [4.78, 5) is 0. The van der Waals surface area contributed by atoms with Crippen molar-refractivity contribution in [2.45, 2.75) is 40.0 Å². The largest absolute Gasteiger partial charge is 0.387 e. The van der Waals surface area contributed by atoms with Crippen molar-refractivity contribution in [1.82, 2.24) is 4.31 Å². The molecule has 1 aliphatic heterocycles. The number of amidine groups is 1. The zero-order chi connectivity index (χ0) is 14.0. The maximum absolute atomic E-state index is 12.2. The normalized spacial score (nSPS) is 22.9. The molecule has 1 atom stereocenters. The molecule has 0 bridgehead atoms. The van der Waals surface area contributed by atoms with E-state index < -0.39 is 10.0 Å². The van der Waals surface area contributed by atoms with Gasteiger partial charge in [0.1, 0.15) is 0 Å². The van der Waals surface area contributed by atoms with E-state index in [1.54, 1.807) is 0 Å². The van der Waals surface area contributed by atoms with E-state index in [2.05, 4.69) is 0 Å². The van der Waals surface area contributed by atoms with Crippen molar-refractivity contribution in [3.63, 3.8) is 0 Å². The van der Waals surface area contributed by atoms with Crippen molar-refractivity contribution >= 4 is 15.9 Å². The molecule has 1 saturated heterocycles. The van der Waals surface area contributed by atoms with E-state index in [9.17, 15) is 8.42 Å². The third kappa shape index (κ3) is 4.57. The first-order valence-electron chi connectivity index (χ1n) is 6.43. The van der Waals surface area contributed by atoms with E-state index in [0.717, 1.165) is 12.8 Å². The molecule has 1 fully saturated rings. The van der Waals surface area contributed by atoms with Crippen LogP contribution in [0.5, 0.6) is 0 Å². The highest BCUT2D eigenvalue weighted by Gasteiger charge is 2.30. The fraction of sp³-hybridized carbons (Fsp3) is 0.917. The molecule has 6 heteroatoms. The van der Waals surface area contributed by atoms with Crippen LogP contribution in [0.2, 0.25) is 0 Å². The minimum Gasteiger partial charge on any atom is -0.387 e. The molecule has 106 valence electrons. The quantitative estimate of drug-likeness (QED) is 0.600. The Bertz CT molecular complexity index is 398. The number of piperidine rings is 1. The minimum atomic E-state index is -3.20. The average Bonchev–Trinajstić information content (AvgIpc) is 2.26. The van der Waals surface area contributed by atoms with Gasteiger partial charge in [-0.05, 0) is 24.7 Å². The van der Waals surface area contributed by atoms with Gasteiger partial charge in [-0.2, -0.15) is 0 Å². The van der Waals surface area contributed by atoms with Crippen LogP contribution in [0.25, 0.3) is 0 Å². The minimum absolute atomic E-state index is 0.0167. The Hall–Kier alpha value is -0.620. The summed E-state index contributed by atoms with van der Waals surface area (Å²) >= 11 is 0. The second kappa shape index (κ2) is 5.57. The number of sulfonamides is 1. The fourth-order valence-corrected chi connectivity index (χ4v) is 3.96. The Morgan fingerprint density at radius 1 is 1.44 bits per heavy atom. The summed E-state index contributed by atoms with van der Waals surface area (Å²) in [5, 5.41) is 7.44. The third-order valence-corrected chi connectivity index (χ3v) is 5.17. The Morgan fingerprint density at radius 2 is 2.06 bits per heavy atom. The lowest BCUT2D eigenvalue weighted by Crippen LogP contribution is -2.45. The molecule has 0 spiro atoms. The van der Waals surface area contributed by atoms with Gasteiger partial charge in [0.15, 0.2) is 0 Å². The summed E-state index contributed by atoms with van der Waals surface area (Å²) in [6, 6.07) is 0. The first kappa shape index (κ1) is 15.4. The highest BCUT2D eigenvalue weighted by atomic mass is 32.2. The van der Waals surface area contributed by atoms with Gasteiger partial charge in [-0.15, -0.1) is 0 Å². The van der Waals surface area contributed by atoms with Crippen LogP contribution in [0.15, 0.2) is 0 Å². The molecule has 1 aliphatic rings. The maximum Gasteiger partial charge on any atom is 0.214 e. The van der Waals surface area contributed by atoms with Crippen LogP contribution >= 0.6 is 0 Å². The molecule has 1 heterocycles. The van der Waals surface area contributed by atoms with E-state index >= 15 is 0 Å². The van der Waals surface area contributed by atoms with Crippen LogP contribution in [-0.4, -0.2) is 37.4 Å². The first-order valence-corrected chi connectivity index (χ1v) is 8.04. The molecule has 1 rings (SSSR count). The molecular formula is C12H25N3O2S. The van der Waals surface area contributed by atoms with E-state index in [1.165, 1.54) is 4.31 Å². The van der Waals surface area contributed by atoms with Crippen molar-refractivity contribution < 1.29 is 8.42 Å². The van der Waals surface area contributed by atoms with Crippen molar-refractivity contribution in [3.05, 3.63) is 0 Å². The third-order valence-electron chi connectivity index (χ3n) is 3.33. The molecule has 18 heavy (non-hydrogen) atoms. The number of hydrogen-bond donors (Lipinski definition) is 2. The summed E-state index contributed by atoms with van der Waals surface area (Å²) in [5.41, 5.74) is 5.49. The lowest BCUT2D eigenvalue weighted by atomic mass is 9.94. The number of nitrogens with two attached hydrogens (primary N) is 1. The number of nitrogens with one attached hydrogen (secondary N) is 1. The molecule has 0 aliphatic carbocycles. The number of nitrogens with zero attached hydrogens (tertiary/aromatic N) is 1. The lowest BCUT2D eigenvalue weighted by molar-refractivity contribution is 0.306. The van der Waals surface area contributed by atoms with Crippen LogP contribution in [0.1, 0.15) is 40.0 Å². The van der Waals surface area contributed by atoms with Crippen molar-refractivity contribution in [2.75, 3.05) is 18.8 Å². The van der Waals surface area contributed by atoms with Crippen molar-refractivity contribution in [2.24, 2.45) is 17.1 Å². The molecule has 0 aromatic heterocycles. The van der Waals surface area contributed by atoms with Gasteiger partial charge in [0, 0.05) is 19.0 Å². The van der Waals surface area contributed by atoms with Gasteiger partial charge >= 0.3 is 0 Å². The van der Waals surface area contributed by atoms with Gasteiger partial charge < -0.3 is 5.73 Å². The summed E-state index contributed by atoms with van der Waals surface area (Å²) in [7, 11) is -3.20. The molecule has 3 N–H and O–H groups in total. The van der Waals surface area contributed by atoms with Gasteiger partial charge in [-0.25, -0.2) is 12.7 Å². The molecule has 1 unspecified atom stereocenters. The van der Waals surface area contributed by atoms with Gasteiger partial charge in [-0.3, -0.25) is 5.41 Å². The standard InChI is InChI=1S/C12H25N3O2S/c1-12(2,3)6-8-18(16,17)15-7-4-5-10(9-15)11(13)14/h10H,4-9H2,1-3H3,(H3,13,14). The number of hydrogen-bond acceptors (Lipinski definition) is 3. The SMILES string of the molecule is CC(C)(C)CCS(=O)(=O)N1CCCC(C(=N)N)C1. The average molecular weight is 275 g/mol. The van der Waals surface area contributed by atoms with Crippen LogP contribution in [-0.2, 0) is 10.0 Å². The summed E-state index contributed by atoms with van der Waals surface area (Å²) in [5.74, 6) is 0.176. The monoisotopic (exact) mass is 275 g/mol. The predicted octanol–water partition coefficient (Wildman–Crippen LogP) is 1.40. The van der Waals surface area contributed by atoms with Gasteiger partial charge in [0.2, 0.25) is 10.0 Å². The topological polar surface area (TPSA) is 87.2 Å². The Balaban J connectivity index is 2.64. The van der Waals surface area contributed by atoms with Crippen LogP contribution in [0.4, 0.5) is 0 Å². The smallest absolute Gasteiger partial charge is 0.214 e. The van der Waals surface area contributed by atoms with E-state index in [1.807, 2.05) is 20.8 Å². The van der Waals surface area contributed by atoms with Crippen LogP contribution in [0.3, 0.4) is 0 Å². The van der Waals surface area contributed by atoms with Crippen molar-refractivity contribution in [3.8, 4) is 0 Å². The Morgan fingerprint density at radius 3 is 2.56 bits per heavy atom. The Kier molecular flexibility index (Phi) is 4.78. The first-order chi connectivity index (χ1) is 8.12. The maximum atomic E-state index is 12.2. The second-order valence-electron chi connectivity index (χ2n) is 6.28. The van der Waals surface area contributed by atoms with Gasteiger partial charge in [0.25, 0.3) is 0 Å². The second-order valence-corrected chi connectivity index (χ2v) is 8.37.